The monoisotopic (exact) mass is 498 g/mol. The minimum absolute atomic E-state index is 0.104. The summed E-state index contributed by atoms with van der Waals surface area (Å²) < 4.78 is 35.3. The molecule has 0 radical (unpaired) electrons. The molecule has 1 aliphatic heterocycles. The highest BCUT2D eigenvalue weighted by atomic mass is 35.5. The van der Waals surface area contributed by atoms with Crippen LogP contribution in [-0.2, 0) is 20.8 Å². The van der Waals surface area contributed by atoms with E-state index in [0.717, 1.165) is 11.8 Å². The van der Waals surface area contributed by atoms with E-state index in [4.69, 9.17) is 20.5 Å². The predicted molar refractivity (Wildman–Crippen MR) is 129 cm³/mol. The lowest BCUT2D eigenvalue weighted by atomic mass is 9.93. The number of ether oxygens (including phenoxy) is 1. The molecule has 1 aromatic heterocycles. The van der Waals surface area contributed by atoms with Crippen LogP contribution in [0.5, 0.6) is 5.75 Å². The molecule has 2 heterocycles. The van der Waals surface area contributed by atoms with E-state index in [9.17, 15) is 18.0 Å². The number of hydrogen-bond acceptors (Lipinski definition) is 6. The molecule has 0 unspecified atom stereocenters. The van der Waals surface area contributed by atoms with Gasteiger partial charge in [0.1, 0.15) is 5.75 Å². The van der Waals surface area contributed by atoms with Gasteiger partial charge in [-0.1, -0.05) is 29.8 Å². The fourth-order valence-electron chi connectivity index (χ4n) is 4.47. The van der Waals surface area contributed by atoms with E-state index in [1.165, 1.54) is 7.11 Å². The van der Waals surface area contributed by atoms with Crippen LogP contribution in [0.3, 0.4) is 0 Å². The second-order valence-electron chi connectivity index (χ2n) is 7.89. The van der Waals surface area contributed by atoms with Crippen molar-refractivity contribution in [3.63, 3.8) is 0 Å². The molecule has 10 heteroatoms. The number of imide groups is 1. The molecule has 5 rings (SSSR count). The first-order chi connectivity index (χ1) is 16.2. The van der Waals surface area contributed by atoms with Gasteiger partial charge in [-0.3, -0.25) is 19.1 Å². The zero-order chi connectivity index (χ0) is 24.2. The number of halogens is 1. The van der Waals surface area contributed by atoms with Gasteiger partial charge in [0, 0.05) is 33.4 Å². The Kier molecular flexibility index (Phi) is 5.35. The van der Waals surface area contributed by atoms with Crippen molar-refractivity contribution in [2.75, 3.05) is 20.0 Å². The number of aromatic nitrogens is 1. The Morgan fingerprint density at radius 1 is 0.971 bits per heavy atom. The normalized spacial score (nSPS) is 13.5. The number of hydrogen-bond donors (Lipinski definition) is 1. The third-order valence-electron chi connectivity index (χ3n) is 5.82. The van der Waals surface area contributed by atoms with E-state index >= 15 is 0 Å². The molecule has 1 N–H and O–H groups in total. The highest BCUT2D eigenvalue weighted by molar-refractivity contribution is 7.85. The van der Waals surface area contributed by atoms with Crippen molar-refractivity contribution < 1.29 is 26.9 Å². The van der Waals surface area contributed by atoms with Gasteiger partial charge in [0.2, 0.25) is 0 Å². The first kappa shape index (κ1) is 22.4. The van der Waals surface area contributed by atoms with E-state index < -0.39 is 21.9 Å². The van der Waals surface area contributed by atoms with E-state index in [0.29, 0.717) is 38.2 Å². The zero-order valence-corrected chi connectivity index (χ0v) is 19.8. The highest BCUT2D eigenvalue weighted by Crippen LogP contribution is 2.42. The molecular formula is C24H19ClN2O6S. The molecule has 0 bridgehead atoms. The molecular weight excluding hydrogens is 480 g/mol. The number of methoxy groups -OCH3 is 1. The van der Waals surface area contributed by atoms with Gasteiger partial charge in [-0.15, -0.1) is 0 Å². The van der Waals surface area contributed by atoms with Gasteiger partial charge in [-0.25, -0.2) is 0 Å². The SMILES string of the molecule is COc1ccc2c(c1)c1c3c(c(-c4ccccc4Cl)cc1n2CCOS(C)(=O)=O)C(=O)NC3=O. The molecule has 2 amide bonds. The molecule has 8 nitrogen and oxygen atoms in total. The van der Waals surface area contributed by atoms with Gasteiger partial charge in [-0.05, 0) is 35.9 Å². The van der Waals surface area contributed by atoms with Crippen LogP contribution >= 0.6 is 11.6 Å². The molecule has 3 aromatic carbocycles. The molecule has 34 heavy (non-hydrogen) atoms. The summed E-state index contributed by atoms with van der Waals surface area (Å²) in [4.78, 5) is 25.9. The van der Waals surface area contributed by atoms with Gasteiger partial charge >= 0.3 is 0 Å². The van der Waals surface area contributed by atoms with Crippen LogP contribution in [0.2, 0.25) is 5.02 Å². The van der Waals surface area contributed by atoms with Gasteiger partial charge in [0.05, 0.1) is 36.6 Å². The fourth-order valence-corrected chi connectivity index (χ4v) is 5.08. The van der Waals surface area contributed by atoms with Gasteiger partial charge in [-0.2, -0.15) is 8.42 Å². The van der Waals surface area contributed by atoms with Crippen LogP contribution in [0.1, 0.15) is 20.7 Å². The van der Waals surface area contributed by atoms with Gasteiger partial charge in [0.25, 0.3) is 21.9 Å². The van der Waals surface area contributed by atoms with Crippen molar-refractivity contribution in [2.24, 2.45) is 0 Å². The number of nitrogens with zero attached hydrogens (tertiary/aromatic N) is 1. The van der Waals surface area contributed by atoms with E-state index in [2.05, 4.69) is 5.32 Å². The third kappa shape index (κ3) is 3.62. The summed E-state index contributed by atoms with van der Waals surface area (Å²) in [5.74, 6) is -0.429. The fraction of sp³-hybridized carbons (Fsp3) is 0.167. The van der Waals surface area contributed by atoms with Crippen LogP contribution in [0.4, 0.5) is 0 Å². The number of amides is 2. The summed E-state index contributed by atoms with van der Waals surface area (Å²) >= 11 is 6.46. The first-order valence-electron chi connectivity index (χ1n) is 10.3. The summed E-state index contributed by atoms with van der Waals surface area (Å²) in [7, 11) is -2.10. The molecule has 0 saturated heterocycles. The van der Waals surface area contributed by atoms with E-state index in [1.807, 2.05) is 10.6 Å². The standard InChI is InChI=1S/C24H19ClN2O6S/c1-32-13-7-8-18-16(11-13)20-19(27(18)9-10-33-34(2,30)31)12-15(14-5-3-4-6-17(14)25)21-22(20)24(29)26-23(21)28/h3-8,11-12H,9-10H2,1-2H3,(H,26,28,29). The molecule has 0 atom stereocenters. The maximum atomic E-state index is 13.0. The van der Waals surface area contributed by atoms with Crippen LogP contribution in [0.15, 0.2) is 48.5 Å². The maximum Gasteiger partial charge on any atom is 0.264 e. The Morgan fingerprint density at radius 3 is 2.41 bits per heavy atom. The Morgan fingerprint density at radius 2 is 1.71 bits per heavy atom. The molecule has 0 spiro atoms. The second kappa shape index (κ2) is 8.12. The average Bonchev–Trinajstić information content (AvgIpc) is 3.26. The molecule has 4 aromatic rings. The van der Waals surface area contributed by atoms with Gasteiger partial charge < -0.3 is 9.30 Å². The summed E-state index contributed by atoms with van der Waals surface area (Å²) in [5.41, 5.74) is 2.99. The van der Waals surface area contributed by atoms with Crippen LogP contribution < -0.4 is 10.1 Å². The number of fused-ring (bicyclic) bond motifs is 5. The maximum absolute atomic E-state index is 13.0. The number of benzene rings is 3. The summed E-state index contributed by atoms with van der Waals surface area (Å²) in [5, 5.41) is 4.10. The lowest BCUT2D eigenvalue weighted by Crippen LogP contribution is -2.20. The predicted octanol–water partition coefficient (Wildman–Crippen LogP) is 3.98. The summed E-state index contributed by atoms with van der Waals surface area (Å²) in [6.07, 6.45) is 0.988. The third-order valence-corrected chi connectivity index (χ3v) is 6.74. The van der Waals surface area contributed by atoms with E-state index in [1.54, 1.807) is 42.5 Å². The van der Waals surface area contributed by atoms with Crippen molar-refractivity contribution >= 4 is 55.3 Å². The topological polar surface area (TPSA) is 104 Å². The smallest absolute Gasteiger partial charge is 0.264 e. The largest absolute Gasteiger partial charge is 0.497 e. The van der Waals surface area contributed by atoms with Gasteiger partial charge in [0.15, 0.2) is 0 Å². The number of rotatable bonds is 6. The number of carbonyl (C=O) groups is 2. The molecule has 0 fully saturated rings. The Bertz CT molecular complexity index is 1620. The zero-order valence-electron chi connectivity index (χ0n) is 18.2. The van der Waals surface area contributed by atoms with Crippen molar-refractivity contribution in [1.82, 2.24) is 9.88 Å². The average molecular weight is 499 g/mol. The Hall–Kier alpha value is -3.40. The highest BCUT2D eigenvalue weighted by Gasteiger charge is 2.35. The Labute approximate surface area is 200 Å². The van der Waals surface area contributed by atoms with Crippen LogP contribution in [0.25, 0.3) is 32.9 Å². The Balaban J connectivity index is 1.88. The molecule has 0 saturated carbocycles. The molecule has 1 aliphatic rings. The molecule has 174 valence electrons. The van der Waals surface area contributed by atoms with Crippen molar-refractivity contribution in [3.8, 4) is 16.9 Å². The van der Waals surface area contributed by atoms with Crippen molar-refractivity contribution in [3.05, 3.63) is 64.7 Å². The summed E-state index contributed by atoms with van der Waals surface area (Å²) in [6.45, 7) is 0.0864. The van der Waals surface area contributed by atoms with Crippen LogP contribution in [-0.4, -0.2) is 44.8 Å². The lowest BCUT2D eigenvalue weighted by molar-refractivity contribution is 0.0880. The second-order valence-corrected chi connectivity index (χ2v) is 9.94. The molecule has 0 aliphatic carbocycles. The van der Waals surface area contributed by atoms with E-state index in [-0.39, 0.29) is 24.3 Å². The minimum atomic E-state index is -3.64. The van der Waals surface area contributed by atoms with Crippen LogP contribution in [0, 0.1) is 0 Å². The van der Waals surface area contributed by atoms with Crippen molar-refractivity contribution in [2.45, 2.75) is 6.54 Å². The number of nitrogens with one attached hydrogen (secondary N) is 1. The first-order valence-corrected chi connectivity index (χ1v) is 12.5. The van der Waals surface area contributed by atoms with Crippen molar-refractivity contribution in [1.29, 1.82) is 0 Å². The quantitative estimate of drug-likeness (QED) is 0.318. The minimum Gasteiger partial charge on any atom is -0.497 e. The lowest BCUT2D eigenvalue weighted by Gasteiger charge is -2.12. The summed E-state index contributed by atoms with van der Waals surface area (Å²) in [6, 6.07) is 14.3. The number of carbonyl (C=O) groups excluding carboxylic acids is 2.